The molecular formula is C14H14BrFN2S. The Labute approximate surface area is 125 Å². The van der Waals surface area contributed by atoms with Crippen molar-refractivity contribution in [1.82, 2.24) is 9.97 Å². The van der Waals surface area contributed by atoms with Gasteiger partial charge in [-0.05, 0) is 54.4 Å². The molecule has 2 aromatic rings. The molecule has 0 saturated carbocycles. The molecule has 5 heteroatoms. The highest BCUT2D eigenvalue weighted by molar-refractivity contribution is 9.10. The number of aromatic amines is 1. The molecule has 19 heavy (non-hydrogen) atoms. The second kappa shape index (κ2) is 5.13. The van der Waals surface area contributed by atoms with E-state index in [0.29, 0.717) is 4.64 Å². The van der Waals surface area contributed by atoms with Crippen molar-refractivity contribution in [2.75, 3.05) is 0 Å². The average Bonchev–Trinajstić information content (AvgIpc) is 2.35. The second-order valence-corrected chi connectivity index (χ2v) is 6.14. The van der Waals surface area contributed by atoms with Gasteiger partial charge in [-0.15, -0.1) is 0 Å². The lowest BCUT2D eigenvalue weighted by molar-refractivity contribution is 0.579. The Hall–Kier alpha value is -1.07. The topological polar surface area (TPSA) is 28.7 Å². The van der Waals surface area contributed by atoms with Gasteiger partial charge in [-0.1, -0.05) is 24.4 Å². The fourth-order valence-electron chi connectivity index (χ4n) is 1.87. The minimum Gasteiger partial charge on any atom is -0.346 e. The second-order valence-electron chi connectivity index (χ2n) is 4.96. The van der Waals surface area contributed by atoms with Gasteiger partial charge in [0.1, 0.15) is 16.3 Å². The van der Waals surface area contributed by atoms with Gasteiger partial charge in [0.2, 0.25) is 0 Å². The number of benzene rings is 1. The summed E-state index contributed by atoms with van der Waals surface area (Å²) in [5.41, 5.74) is 1.55. The van der Waals surface area contributed by atoms with Crippen LogP contribution in [0, 0.1) is 17.4 Å². The van der Waals surface area contributed by atoms with Crippen molar-refractivity contribution in [3.8, 4) is 0 Å². The lowest BCUT2D eigenvalue weighted by Gasteiger charge is -2.25. The number of nitrogens with zero attached hydrogens (tertiary/aromatic N) is 1. The molecule has 1 N–H and O–H groups in total. The molecule has 0 aliphatic rings. The summed E-state index contributed by atoms with van der Waals surface area (Å²) in [6, 6.07) is 6.45. The Morgan fingerprint density at radius 3 is 2.37 bits per heavy atom. The number of halogens is 2. The number of aromatic nitrogens is 2. The Morgan fingerprint density at radius 2 is 1.84 bits per heavy atom. The van der Waals surface area contributed by atoms with Gasteiger partial charge in [-0.3, -0.25) is 0 Å². The first-order valence-corrected chi connectivity index (χ1v) is 7.05. The van der Waals surface area contributed by atoms with Crippen LogP contribution in [0.4, 0.5) is 4.39 Å². The Morgan fingerprint density at radius 1 is 1.26 bits per heavy atom. The van der Waals surface area contributed by atoms with E-state index in [0.717, 1.165) is 21.6 Å². The maximum Gasteiger partial charge on any atom is 0.144 e. The number of rotatable bonds is 2. The van der Waals surface area contributed by atoms with Gasteiger partial charge >= 0.3 is 0 Å². The molecule has 0 aliphatic heterocycles. The van der Waals surface area contributed by atoms with Crippen molar-refractivity contribution in [2.24, 2.45) is 0 Å². The zero-order valence-corrected chi connectivity index (χ0v) is 13.3. The third-order valence-corrected chi connectivity index (χ3v) is 4.72. The summed E-state index contributed by atoms with van der Waals surface area (Å²) in [5, 5.41) is 0. The molecule has 0 amide bonds. The van der Waals surface area contributed by atoms with Crippen LogP contribution in [0.3, 0.4) is 0 Å². The van der Waals surface area contributed by atoms with E-state index in [2.05, 4.69) is 25.9 Å². The van der Waals surface area contributed by atoms with E-state index in [1.54, 1.807) is 12.1 Å². The number of nitrogens with one attached hydrogen (secondary N) is 1. The number of H-pyrrole nitrogens is 1. The highest BCUT2D eigenvalue weighted by Crippen LogP contribution is 2.30. The molecule has 1 aromatic carbocycles. The Balaban J connectivity index is 2.56. The fourth-order valence-corrected chi connectivity index (χ4v) is 2.30. The van der Waals surface area contributed by atoms with E-state index in [-0.39, 0.29) is 11.2 Å². The van der Waals surface area contributed by atoms with Gasteiger partial charge in [0, 0.05) is 11.1 Å². The van der Waals surface area contributed by atoms with Gasteiger partial charge < -0.3 is 4.98 Å². The molecule has 0 unspecified atom stereocenters. The van der Waals surface area contributed by atoms with Gasteiger partial charge in [-0.25, -0.2) is 9.37 Å². The molecule has 0 atom stereocenters. The van der Waals surface area contributed by atoms with Gasteiger partial charge in [0.05, 0.1) is 4.47 Å². The van der Waals surface area contributed by atoms with Crippen LogP contribution in [0.15, 0.2) is 28.7 Å². The predicted molar refractivity (Wildman–Crippen MR) is 80.4 cm³/mol. The van der Waals surface area contributed by atoms with Crippen LogP contribution in [-0.2, 0) is 5.41 Å². The Bertz CT molecular complexity index is 662. The molecule has 2 rings (SSSR count). The minimum atomic E-state index is -0.368. The largest absolute Gasteiger partial charge is 0.346 e. The summed E-state index contributed by atoms with van der Waals surface area (Å²) in [5.74, 6) is 0.525. The summed E-state index contributed by atoms with van der Waals surface area (Å²) in [6.07, 6.45) is 0. The van der Waals surface area contributed by atoms with Gasteiger partial charge in [0.25, 0.3) is 0 Å². The predicted octanol–water partition coefficient (Wildman–Crippen LogP) is 4.68. The minimum absolute atomic E-state index is 0.243. The molecule has 2 nitrogen and oxygen atoms in total. The molecule has 1 heterocycles. The lowest BCUT2D eigenvalue weighted by atomic mass is 9.83. The zero-order valence-electron chi connectivity index (χ0n) is 10.9. The van der Waals surface area contributed by atoms with E-state index in [1.807, 2.05) is 20.8 Å². The lowest BCUT2D eigenvalue weighted by Crippen LogP contribution is -2.23. The van der Waals surface area contributed by atoms with Crippen molar-refractivity contribution >= 4 is 28.1 Å². The SMILES string of the molecule is Cc1[nH]c(C(C)(C)c2ccc(F)cc2)nc(=S)c1Br. The highest BCUT2D eigenvalue weighted by atomic mass is 79.9. The van der Waals surface area contributed by atoms with Gasteiger partial charge in [0.15, 0.2) is 0 Å². The normalized spacial score (nSPS) is 11.6. The number of aryl methyl sites for hydroxylation is 1. The molecule has 0 bridgehead atoms. The van der Waals surface area contributed by atoms with E-state index < -0.39 is 0 Å². The molecular weight excluding hydrogens is 327 g/mol. The summed E-state index contributed by atoms with van der Waals surface area (Å²) in [6.45, 7) is 5.99. The van der Waals surface area contributed by atoms with Crippen molar-refractivity contribution in [3.05, 3.63) is 56.3 Å². The van der Waals surface area contributed by atoms with E-state index >= 15 is 0 Å². The van der Waals surface area contributed by atoms with Crippen LogP contribution < -0.4 is 0 Å². The van der Waals surface area contributed by atoms with E-state index in [9.17, 15) is 4.39 Å². The molecule has 0 aliphatic carbocycles. The van der Waals surface area contributed by atoms with Crippen LogP contribution in [0.25, 0.3) is 0 Å². The quantitative estimate of drug-likeness (QED) is 0.804. The van der Waals surface area contributed by atoms with E-state index in [4.69, 9.17) is 12.2 Å². The van der Waals surface area contributed by atoms with Gasteiger partial charge in [-0.2, -0.15) is 0 Å². The molecule has 100 valence electrons. The highest BCUT2D eigenvalue weighted by Gasteiger charge is 2.26. The van der Waals surface area contributed by atoms with Crippen molar-refractivity contribution < 1.29 is 4.39 Å². The monoisotopic (exact) mass is 340 g/mol. The number of hydrogen-bond acceptors (Lipinski definition) is 2. The van der Waals surface area contributed by atoms with Crippen LogP contribution in [0.2, 0.25) is 0 Å². The third kappa shape index (κ3) is 2.77. The number of hydrogen-bond donors (Lipinski definition) is 1. The summed E-state index contributed by atoms with van der Waals surface area (Å²) in [4.78, 5) is 7.67. The van der Waals surface area contributed by atoms with Crippen molar-refractivity contribution in [2.45, 2.75) is 26.2 Å². The first kappa shape index (κ1) is 14.3. The smallest absolute Gasteiger partial charge is 0.144 e. The molecule has 1 aromatic heterocycles. The van der Waals surface area contributed by atoms with Crippen LogP contribution in [0.5, 0.6) is 0 Å². The first-order valence-electron chi connectivity index (χ1n) is 5.85. The maximum atomic E-state index is 13.0. The average molecular weight is 341 g/mol. The summed E-state index contributed by atoms with van der Waals surface area (Å²) < 4.78 is 14.3. The first-order chi connectivity index (χ1) is 8.82. The molecule has 0 spiro atoms. The van der Waals surface area contributed by atoms with Crippen LogP contribution in [0.1, 0.15) is 30.9 Å². The molecule has 0 radical (unpaired) electrons. The van der Waals surface area contributed by atoms with E-state index in [1.165, 1.54) is 12.1 Å². The van der Waals surface area contributed by atoms with Crippen molar-refractivity contribution in [3.63, 3.8) is 0 Å². The van der Waals surface area contributed by atoms with Crippen LogP contribution >= 0.6 is 28.1 Å². The van der Waals surface area contributed by atoms with Crippen molar-refractivity contribution in [1.29, 1.82) is 0 Å². The molecule has 0 fully saturated rings. The zero-order chi connectivity index (χ0) is 14.2. The van der Waals surface area contributed by atoms with Crippen LogP contribution in [-0.4, -0.2) is 9.97 Å². The standard InChI is InChI=1S/C14H14BrFN2S/c1-8-11(15)12(19)18-13(17-8)14(2,3)9-4-6-10(16)7-5-9/h4-7H,1-3H3,(H,17,18,19). The molecule has 0 saturated heterocycles. The third-order valence-electron chi connectivity index (χ3n) is 3.19. The maximum absolute atomic E-state index is 13.0. The Kier molecular flexibility index (Phi) is 3.87. The summed E-state index contributed by atoms with van der Waals surface area (Å²) >= 11 is 8.63. The summed E-state index contributed by atoms with van der Waals surface area (Å²) in [7, 11) is 0. The fraction of sp³-hybridized carbons (Fsp3) is 0.286.